The maximum absolute atomic E-state index is 11.0. The van der Waals surface area contributed by atoms with Gasteiger partial charge in [0.05, 0.1) is 11.6 Å². The summed E-state index contributed by atoms with van der Waals surface area (Å²) in [5, 5.41) is 3.25. The zero-order chi connectivity index (χ0) is 19.8. The third kappa shape index (κ3) is 7.31. The number of hydrogen-bond donors (Lipinski definition) is 1. The summed E-state index contributed by atoms with van der Waals surface area (Å²) in [6, 6.07) is 8.93. The lowest BCUT2D eigenvalue weighted by atomic mass is 10.2. The van der Waals surface area contributed by atoms with Gasteiger partial charge in [0, 0.05) is 31.3 Å². The number of halogens is 1. The molecule has 27 heavy (non-hydrogen) atoms. The van der Waals surface area contributed by atoms with E-state index >= 15 is 0 Å². The van der Waals surface area contributed by atoms with Crippen LogP contribution in [0, 0.1) is 5.92 Å². The van der Waals surface area contributed by atoms with Crippen molar-refractivity contribution in [1.82, 2.24) is 10.3 Å². The fraction of sp³-hybridized carbons (Fsp3) is 0.333. The Morgan fingerprint density at radius 3 is 2.63 bits per heavy atom. The van der Waals surface area contributed by atoms with Crippen LogP contribution >= 0.6 is 11.6 Å². The molecule has 0 fully saturated rings. The highest BCUT2D eigenvalue weighted by atomic mass is 35.5. The van der Waals surface area contributed by atoms with Gasteiger partial charge in [-0.05, 0) is 36.6 Å². The van der Waals surface area contributed by atoms with Crippen molar-refractivity contribution in [1.29, 1.82) is 0 Å². The summed E-state index contributed by atoms with van der Waals surface area (Å²) in [7, 11) is 0. The molecule has 1 N–H and O–H groups in total. The van der Waals surface area contributed by atoms with E-state index in [0.717, 1.165) is 5.56 Å². The molecule has 2 aromatic rings. The van der Waals surface area contributed by atoms with Crippen LogP contribution in [0.5, 0.6) is 17.4 Å². The predicted molar refractivity (Wildman–Crippen MR) is 108 cm³/mol. The monoisotopic (exact) mass is 388 g/mol. The van der Waals surface area contributed by atoms with Gasteiger partial charge in [-0.25, -0.2) is 4.98 Å². The normalized spacial score (nSPS) is 12.2. The van der Waals surface area contributed by atoms with Crippen LogP contribution < -0.4 is 14.8 Å². The van der Waals surface area contributed by atoms with Gasteiger partial charge in [-0.3, -0.25) is 4.79 Å². The van der Waals surface area contributed by atoms with Crippen LogP contribution in [0.2, 0.25) is 5.02 Å². The summed E-state index contributed by atoms with van der Waals surface area (Å²) in [5.74, 6) is 2.05. The molecule has 0 radical (unpaired) electrons. The number of nitrogens with one attached hydrogen (secondary N) is 1. The molecule has 144 valence electrons. The van der Waals surface area contributed by atoms with E-state index in [2.05, 4.69) is 24.1 Å². The molecule has 1 aromatic heterocycles. The van der Waals surface area contributed by atoms with E-state index in [9.17, 15) is 4.79 Å². The molecule has 0 spiro atoms. The van der Waals surface area contributed by atoms with Crippen molar-refractivity contribution >= 4 is 23.6 Å². The summed E-state index contributed by atoms with van der Waals surface area (Å²) < 4.78 is 11.4. The van der Waals surface area contributed by atoms with E-state index in [4.69, 9.17) is 21.1 Å². The minimum absolute atomic E-state index is 0.0475. The number of carbonyl (C=O) groups is 1. The molecule has 0 aliphatic carbocycles. The molecule has 6 heteroatoms. The van der Waals surface area contributed by atoms with Crippen LogP contribution in [-0.4, -0.2) is 23.5 Å². The van der Waals surface area contributed by atoms with E-state index in [1.54, 1.807) is 24.4 Å². The molecule has 1 heterocycles. The minimum atomic E-state index is -0.0634. The van der Waals surface area contributed by atoms with Crippen molar-refractivity contribution in [2.75, 3.05) is 6.61 Å². The lowest BCUT2D eigenvalue weighted by molar-refractivity contribution is -0.119. The average molecular weight is 389 g/mol. The fourth-order valence-electron chi connectivity index (χ4n) is 2.20. The molecule has 0 unspecified atom stereocenters. The smallest absolute Gasteiger partial charge is 0.219 e. The van der Waals surface area contributed by atoms with Crippen LogP contribution in [0.25, 0.3) is 6.08 Å². The summed E-state index contributed by atoms with van der Waals surface area (Å²) in [6.07, 6.45) is 5.48. The Balaban J connectivity index is 1.98. The zero-order valence-electron chi connectivity index (χ0n) is 16.0. The first kappa shape index (κ1) is 20.8. The summed E-state index contributed by atoms with van der Waals surface area (Å²) in [5.41, 5.74) is 0.906. The van der Waals surface area contributed by atoms with Gasteiger partial charge >= 0.3 is 0 Å². The highest BCUT2D eigenvalue weighted by Gasteiger charge is 2.07. The van der Waals surface area contributed by atoms with Crippen LogP contribution in [0.1, 0.15) is 33.3 Å². The van der Waals surface area contributed by atoms with Gasteiger partial charge in [0.2, 0.25) is 11.8 Å². The topological polar surface area (TPSA) is 60.5 Å². The lowest BCUT2D eigenvalue weighted by Gasteiger charge is -2.11. The number of amides is 1. The van der Waals surface area contributed by atoms with Crippen molar-refractivity contribution in [2.45, 2.75) is 33.7 Å². The number of aromatic nitrogens is 1. The first-order valence-electron chi connectivity index (χ1n) is 8.85. The number of pyridine rings is 1. The third-order valence-corrected chi connectivity index (χ3v) is 3.76. The van der Waals surface area contributed by atoms with Crippen molar-refractivity contribution < 1.29 is 14.3 Å². The molecule has 5 nitrogen and oxygen atoms in total. The lowest BCUT2D eigenvalue weighted by Crippen LogP contribution is -2.28. The summed E-state index contributed by atoms with van der Waals surface area (Å²) in [4.78, 5) is 15.3. The first-order valence-corrected chi connectivity index (χ1v) is 9.23. The standard InChI is InChI=1S/C21H25ClN2O3/c1-14(2)13-26-18-8-9-20(19(22)11-18)27-21-10-7-17(12-23-21)6-5-15(3)24-16(4)25/h5-12,14-15H,13H2,1-4H3,(H,24,25)/b6-5+/t15-/m0/s1. The third-order valence-electron chi connectivity index (χ3n) is 3.47. The van der Waals surface area contributed by atoms with Gasteiger partial charge in [-0.1, -0.05) is 37.6 Å². The van der Waals surface area contributed by atoms with Gasteiger partial charge in [-0.15, -0.1) is 0 Å². The molecule has 0 saturated heterocycles. The Labute approximate surface area is 165 Å². The molecular formula is C21H25ClN2O3. The molecule has 1 atom stereocenters. The summed E-state index contributed by atoms with van der Waals surface area (Å²) >= 11 is 6.27. The van der Waals surface area contributed by atoms with Crippen LogP contribution in [0.4, 0.5) is 0 Å². The molecule has 1 aromatic carbocycles. The zero-order valence-corrected chi connectivity index (χ0v) is 16.8. The fourth-order valence-corrected chi connectivity index (χ4v) is 2.41. The van der Waals surface area contributed by atoms with E-state index in [1.165, 1.54) is 6.92 Å². The van der Waals surface area contributed by atoms with E-state index in [1.807, 2.05) is 31.2 Å². The second-order valence-corrected chi connectivity index (χ2v) is 7.08. The Hall–Kier alpha value is -2.53. The van der Waals surface area contributed by atoms with E-state index < -0.39 is 0 Å². The molecular weight excluding hydrogens is 364 g/mol. The molecule has 1 amide bonds. The van der Waals surface area contributed by atoms with E-state index in [0.29, 0.717) is 34.9 Å². The van der Waals surface area contributed by atoms with Crippen LogP contribution in [0.3, 0.4) is 0 Å². The Bertz CT molecular complexity index is 789. The molecule has 0 aliphatic heterocycles. The highest BCUT2D eigenvalue weighted by Crippen LogP contribution is 2.32. The maximum atomic E-state index is 11.0. The molecule has 2 rings (SSSR count). The molecule has 0 aliphatic rings. The number of rotatable bonds is 8. The van der Waals surface area contributed by atoms with Gasteiger partial charge in [0.1, 0.15) is 11.5 Å². The second-order valence-electron chi connectivity index (χ2n) is 6.68. The van der Waals surface area contributed by atoms with Gasteiger partial charge < -0.3 is 14.8 Å². The van der Waals surface area contributed by atoms with Gasteiger partial charge in [0.25, 0.3) is 0 Å². The average Bonchev–Trinajstić information content (AvgIpc) is 2.61. The van der Waals surface area contributed by atoms with Gasteiger partial charge in [-0.2, -0.15) is 0 Å². The number of nitrogens with zero attached hydrogens (tertiary/aromatic N) is 1. The van der Waals surface area contributed by atoms with Crippen molar-refractivity contribution in [3.63, 3.8) is 0 Å². The number of ether oxygens (including phenoxy) is 2. The number of benzene rings is 1. The maximum Gasteiger partial charge on any atom is 0.219 e. The van der Waals surface area contributed by atoms with E-state index in [-0.39, 0.29) is 11.9 Å². The largest absolute Gasteiger partial charge is 0.493 e. The summed E-state index contributed by atoms with van der Waals surface area (Å²) in [6.45, 7) is 8.20. The van der Waals surface area contributed by atoms with Crippen molar-refractivity contribution in [3.05, 3.63) is 53.2 Å². The molecule has 0 bridgehead atoms. The Kier molecular flexibility index (Phi) is 7.67. The second kappa shape index (κ2) is 9.97. The predicted octanol–water partition coefficient (Wildman–Crippen LogP) is 5.10. The van der Waals surface area contributed by atoms with Crippen LogP contribution in [0.15, 0.2) is 42.6 Å². The van der Waals surface area contributed by atoms with Gasteiger partial charge in [0.15, 0.2) is 0 Å². The number of carbonyl (C=O) groups excluding carboxylic acids is 1. The highest BCUT2D eigenvalue weighted by molar-refractivity contribution is 6.32. The quantitative estimate of drug-likeness (QED) is 0.683. The Morgan fingerprint density at radius 2 is 2.04 bits per heavy atom. The molecule has 0 saturated carbocycles. The first-order chi connectivity index (χ1) is 12.8. The Morgan fingerprint density at radius 1 is 1.26 bits per heavy atom. The minimum Gasteiger partial charge on any atom is -0.493 e. The number of hydrogen-bond acceptors (Lipinski definition) is 4. The van der Waals surface area contributed by atoms with Crippen molar-refractivity contribution in [3.8, 4) is 17.4 Å². The SMILES string of the molecule is CC(=O)N[C@@H](C)/C=C/c1ccc(Oc2ccc(OCC(C)C)cc2Cl)nc1. The van der Waals surface area contributed by atoms with Crippen LogP contribution in [-0.2, 0) is 4.79 Å². The van der Waals surface area contributed by atoms with Crippen molar-refractivity contribution in [2.24, 2.45) is 5.92 Å².